The van der Waals surface area contributed by atoms with Gasteiger partial charge in [0.2, 0.25) is 10.0 Å². The van der Waals surface area contributed by atoms with E-state index in [4.69, 9.17) is 0 Å². The number of nitrogens with one attached hydrogen (secondary N) is 1. The van der Waals surface area contributed by atoms with E-state index >= 15 is 0 Å². The van der Waals surface area contributed by atoms with Crippen LogP contribution in [-0.2, 0) is 16.6 Å². The van der Waals surface area contributed by atoms with Gasteiger partial charge in [0, 0.05) is 19.1 Å². The van der Waals surface area contributed by atoms with Gasteiger partial charge in [-0.1, -0.05) is 18.9 Å². The van der Waals surface area contributed by atoms with Gasteiger partial charge < -0.3 is 5.32 Å². The number of nitrogens with zero attached hydrogens (tertiary/aromatic N) is 1. The zero-order valence-electron chi connectivity index (χ0n) is 12.6. The number of hydrogen-bond acceptors (Lipinski definition) is 3. The summed E-state index contributed by atoms with van der Waals surface area (Å²) >= 11 is 0. The van der Waals surface area contributed by atoms with Crippen LogP contribution in [0.1, 0.15) is 38.2 Å². The summed E-state index contributed by atoms with van der Waals surface area (Å²) in [4.78, 5) is -0.212. The third-order valence-electron chi connectivity index (χ3n) is 3.96. The summed E-state index contributed by atoms with van der Waals surface area (Å²) in [7, 11) is -1.99. The Labute approximate surface area is 126 Å². The van der Waals surface area contributed by atoms with Crippen LogP contribution >= 0.6 is 0 Å². The quantitative estimate of drug-likeness (QED) is 0.929. The summed E-state index contributed by atoms with van der Waals surface area (Å²) in [5, 5.41) is 2.92. The van der Waals surface area contributed by atoms with Crippen LogP contribution in [0.25, 0.3) is 0 Å². The van der Waals surface area contributed by atoms with E-state index in [1.165, 1.54) is 16.4 Å². The molecule has 1 aromatic carbocycles. The Bertz CT molecular complexity index is 589. The molecule has 1 atom stereocenters. The highest BCUT2D eigenvalue weighted by Gasteiger charge is 2.31. The highest BCUT2D eigenvalue weighted by Crippen LogP contribution is 2.26. The number of hydrogen-bond donors (Lipinski definition) is 1. The molecule has 0 aromatic heterocycles. The summed E-state index contributed by atoms with van der Waals surface area (Å²) < 4.78 is 41.1. The molecule has 1 saturated heterocycles. The van der Waals surface area contributed by atoms with Gasteiger partial charge in [-0.3, -0.25) is 0 Å². The van der Waals surface area contributed by atoms with Gasteiger partial charge in [-0.15, -0.1) is 0 Å². The summed E-state index contributed by atoms with van der Waals surface area (Å²) in [6, 6.07) is 4.27. The maximum atomic E-state index is 14.2. The Morgan fingerprint density at radius 3 is 2.76 bits per heavy atom. The molecule has 4 nitrogen and oxygen atoms in total. The van der Waals surface area contributed by atoms with E-state index in [1.807, 2.05) is 6.92 Å². The second kappa shape index (κ2) is 6.85. The molecule has 1 aliphatic rings. The normalized spacial score (nSPS) is 21.2. The van der Waals surface area contributed by atoms with E-state index in [-0.39, 0.29) is 10.9 Å². The van der Waals surface area contributed by atoms with Gasteiger partial charge in [0.25, 0.3) is 0 Å². The molecular weight excluding hydrogens is 291 g/mol. The standard InChI is InChI=1S/C15H23FN2O2S/c1-12-6-4-3-5-9-18(12)21(19,20)15-8-7-13(11-17-2)10-14(15)16/h7-8,10,12,17H,3-6,9,11H2,1-2H3. The van der Waals surface area contributed by atoms with Crippen LogP contribution in [0, 0.1) is 5.82 Å². The van der Waals surface area contributed by atoms with Crippen molar-refractivity contribution in [3.63, 3.8) is 0 Å². The van der Waals surface area contributed by atoms with E-state index in [0.29, 0.717) is 13.1 Å². The molecule has 118 valence electrons. The molecule has 2 rings (SSSR count). The first-order chi connectivity index (χ1) is 9.96. The van der Waals surface area contributed by atoms with Crippen LogP contribution in [-0.4, -0.2) is 32.4 Å². The minimum atomic E-state index is -3.76. The Morgan fingerprint density at radius 2 is 2.10 bits per heavy atom. The van der Waals surface area contributed by atoms with E-state index in [1.54, 1.807) is 13.1 Å². The molecule has 1 aliphatic heterocycles. The first kappa shape index (κ1) is 16.4. The zero-order valence-corrected chi connectivity index (χ0v) is 13.4. The molecule has 1 fully saturated rings. The Hall–Kier alpha value is -0.980. The third kappa shape index (κ3) is 3.62. The van der Waals surface area contributed by atoms with Crippen molar-refractivity contribution < 1.29 is 12.8 Å². The molecular formula is C15H23FN2O2S. The fourth-order valence-electron chi connectivity index (χ4n) is 2.80. The molecule has 0 saturated carbocycles. The molecule has 0 amide bonds. The molecule has 0 aliphatic carbocycles. The SMILES string of the molecule is CNCc1ccc(S(=O)(=O)N2CCCCCC2C)c(F)c1. The third-order valence-corrected chi connectivity index (χ3v) is 6.00. The minimum absolute atomic E-state index is 0.0751. The van der Waals surface area contributed by atoms with E-state index in [0.717, 1.165) is 31.2 Å². The van der Waals surface area contributed by atoms with Crippen molar-refractivity contribution in [3.05, 3.63) is 29.6 Å². The van der Waals surface area contributed by atoms with Crippen molar-refractivity contribution >= 4 is 10.0 Å². The Balaban J connectivity index is 2.34. The van der Waals surface area contributed by atoms with Crippen LogP contribution in [0.5, 0.6) is 0 Å². The van der Waals surface area contributed by atoms with Crippen molar-refractivity contribution in [2.45, 2.75) is 50.1 Å². The number of sulfonamides is 1. The monoisotopic (exact) mass is 314 g/mol. The number of rotatable bonds is 4. The minimum Gasteiger partial charge on any atom is -0.316 e. The van der Waals surface area contributed by atoms with E-state index in [2.05, 4.69) is 5.32 Å². The number of benzene rings is 1. The lowest BCUT2D eigenvalue weighted by Crippen LogP contribution is -2.38. The highest BCUT2D eigenvalue weighted by atomic mass is 32.2. The van der Waals surface area contributed by atoms with Crippen molar-refractivity contribution in [1.82, 2.24) is 9.62 Å². The van der Waals surface area contributed by atoms with Crippen molar-refractivity contribution in [1.29, 1.82) is 0 Å². The maximum Gasteiger partial charge on any atom is 0.246 e. The summed E-state index contributed by atoms with van der Waals surface area (Å²) in [6.45, 7) is 2.88. The lowest BCUT2D eigenvalue weighted by atomic mass is 10.1. The average Bonchev–Trinajstić information content (AvgIpc) is 2.64. The largest absolute Gasteiger partial charge is 0.316 e. The van der Waals surface area contributed by atoms with Gasteiger partial charge in [-0.2, -0.15) is 4.31 Å². The second-order valence-corrected chi connectivity index (χ2v) is 7.47. The van der Waals surface area contributed by atoms with E-state index < -0.39 is 15.8 Å². The molecule has 6 heteroatoms. The summed E-state index contributed by atoms with van der Waals surface area (Å²) in [5.41, 5.74) is 0.734. The van der Waals surface area contributed by atoms with Crippen LogP contribution in [0.2, 0.25) is 0 Å². The lowest BCUT2D eigenvalue weighted by Gasteiger charge is -2.26. The highest BCUT2D eigenvalue weighted by molar-refractivity contribution is 7.89. The van der Waals surface area contributed by atoms with E-state index in [9.17, 15) is 12.8 Å². The average molecular weight is 314 g/mol. The maximum absolute atomic E-state index is 14.2. The fourth-order valence-corrected chi connectivity index (χ4v) is 4.55. The van der Waals surface area contributed by atoms with Gasteiger partial charge >= 0.3 is 0 Å². The first-order valence-corrected chi connectivity index (χ1v) is 8.85. The van der Waals surface area contributed by atoms with Crippen LogP contribution in [0.4, 0.5) is 4.39 Å². The van der Waals surface area contributed by atoms with Crippen LogP contribution < -0.4 is 5.32 Å². The molecule has 0 spiro atoms. The smallest absolute Gasteiger partial charge is 0.246 e. The van der Waals surface area contributed by atoms with Crippen molar-refractivity contribution in [2.75, 3.05) is 13.6 Å². The first-order valence-electron chi connectivity index (χ1n) is 7.41. The second-order valence-electron chi connectivity index (χ2n) is 5.61. The molecule has 0 bridgehead atoms. The Kier molecular flexibility index (Phi) is 5.35. The Morgan fingerprint density at radius 1 is 1.33 bits per heavy atom. The van der Waals surface area contributed by atoms with Crippen molar-refractivity contribution in [2.24, 2.45) is 0 Å². The van der Waals surface area contributed by atoms with Gasteiger partial charge in [0.1, 0.15) is 10.7 Å². The molecule has 1 aromatic rings. The van der Waals surface area contributed by atoms with Crippen LogP contribution in [0.15, 0.2) is 23.1 Å². The zero-order chi connectivity index (χ0) is 15.5. The molecule has 21 heavy (non-hydrogen) atoms. The van der Waals surface area contributed by atoms with Gasteiger partial charge in [0.15, 0.2) is 0 Å². The topological polar surface area (TPSA) is 49.4 Å². The summed E-state index contributed by atoms with van der Waals surface area (Å²) in [6.07, 6.45) is 3.72. The fraction of sp³-hybridized carbons (Fsp3) is 0.600. The van der Waals surface area contributed by atoms with Gasteiger partial charge in [-0.05, 0) is 44.5 Å². The van der Waals surface area contributed by atoms with Gasteiger partial charge in [0.05, 0.1) is 0 Å². The molecule has 1 unspecified atom stereocenters. The molecule has 1 heterocycles. The lowest BCUT2D eigenvalue weighted by molar-refractivity contribution is 0.340. The van der Waals surface area contributed by atoms with Crippen molar-refractivity contribution in [3.8, 4) is 0 Å². The van der Waals surface area contributed by atoms with Gasteiger partial charge in [-0.25, -0.2) is 12.8 Å². The predicted molar refractivity (Wildman–Crippen MR) is 81.0 cm³/mol. The summed E-state index contributed by atoms with van der Waals surface area (Å²) in [5.74, 6) is -0.667. The van der Waals surface area contributed by atoms with Crippen LogP contribution in [0.3, 0.4) is 0 Å². The number of halogens is 1. The molecule has 1 N–H and O–H groups in total. The molecule has 0 radical (unpaired) electrons. The predicted octanol–water partition coefficient (Wildman–Crippen LogP) is 2.50.